The standard InChI is InChI=1S/C23H26N6O4S/c1-23(2,3)17-11-18(29(4)28-17)26-22(31)25-14-7-6-13(10-16(14)34-5)33-15-8-9-24-21-20(15)32-12-19(30)27-21/h6-11H,12H2,1-5H3,(H,24,27,30)(H2,25,26,31). The van der Waals surface area contributed by atoms with Crippen LogP contribution in [-0.4, -0.2) is 39.6 Å². The summed E-state index contributed by atoms with van der Waals surface area (Å²) >= 11 is 1.47. The monoisotopic (exact) mass is 482 g/mol. The van der Waals surface area contributed by atoms with Crippen LogP contribution in [0.5, 0.6) is 17.2 Å². The van der Waals surface area contributed by atoms with E-state index in [1.807, 2.05) is 18.4 Å². The Kier molecular flexibility index (Phi) is 6.38. The van der Waals surface area contributed by atoms with E-state index in [-0.39, 0.29) is 24.0 Å². The number of urea groups is 1. The number of pyridine rings is 1. The Bertz CT molecular complexity index is 1250. The van der Waals surface area contributed by atoms with E-state index in [4.69, 9.17) is 9.47 Å². The van der Waals surface area contributed by atoms with Crippen molar-refractivity contribution in [2.45, 2.75) is 31.1 Å². The number of nitrogens with one attached hydrogen (secondary N) is 3. The summed E-state index contributed by atoms with van der Waals surface area (Å²) in [7, 11) is 1.79. The Morgan fingerprint density at radius 2 is 2.03 bits per heavy atom. The van der Waals surface area contributed by atoms with Crippen molar-refractivity contribution in [3.05, 3.63) is 42.2 Å². The van der Waals surface area contributed by atoms with Crippen LogP contribution in [0.1, 0.15) is 26.5 Å². The molecule has 3 aromatic rings. The van der Waals surface area contributed by atoms with E-state index >= 15 is 0 Å². The maximum atomic E-state index is 12.7. The zero-order chi connectivity index (χ0) is 24.5. The van der Waals surface area contributed by atoms with Crippen LogP contribution in [0.3, 0.4) is 0 Å². The smallest absolute Gasteiger partial charge is 0.324 e. The first-order valence-corrected chi connectivity index (χ1v) is 11.8. The van der Waals surface area contributed by atoms with Crippen LogP contribution in [0, 0.1) is 0 Å². The van der Waals surface area contributed by atoms with Crippen LogP contribution in [0.25, 0.3) is 0 Å². The third kappa shape index (κ3) is 5.09. The molecule has 3 N–H and O–H groups in total. The van der Waals surface area contributed by atoms with Crippen molar-refractivity contribution in [1.29, 1.82) is 0 Å². The van der Waals surface area contributed by atoms with E-state index in [9.17, 15) is 9.59 Å². The molecule has 0 fully saturated rings. The molecule has 1 aliphatic rings. The van der Waals surface area contributed by atoms with Crippen molar-refractivity contribution in [1.82, 2.24) is 14.8 Å². The highest BCUT2D eigenvalue weighted by atomic mass is 32.2. The number of fused-ring (bicyclic) bond motifs is 1. The van der Waals surface area contributed by atoms with Gasteiger partial charge in [0.2, 0.25) is 5.75 Å². The lowest BCUT2D eigenvalue weighted by Crippen LogP contribution is -2.26. The Morgan fingerprint density at radius 1 is 1.24 bits per heavy atom. The molecule has 0 radical (unpaired) electrons. The van der Waals surface area contributed by atoms with Crippen molar-refractivity contribution in [2.75, 3.05) is 28.8 Å². The molecule has 2 aromatic heterocycles. The first-order chi connectivity index (χ1) is 16.1. The molecular weight excluding hydrogens is 456 g/mol. The number of anilines is 3. The highest BCUT2D eigenvalue weighted by Gasteiger charge is 2.22. The van der Waals surface area contributed by atoms with E-state index in [0.717, 1.165) is 10.6 Å². The number of ether oxygens (including phenoxy) is 2. The molecule has 3 heterocycles. The predicted molar refractivity (Wildman–Crippen MR) is 131 cm³/mol. The van der Waals surface area contributed by atoms with E-state index in [1.54, 1.807) is 29.9 Å². The van der Waals surface area contributed by atoms with Crippen molar-refractivity contribution < 1.29 is 19.1 Å². The van der Waals surface area contributed by atoms with Gasteiger partial charge < -0.3 is 20.1 Å². The van der Waals surface area contributed by atoms with E-state index in [2.05, 4.69) is 46.8 Å². The summed E-state index contributed by atoms with van der Waals surface area (Å²) in [6.07, 6.45) is 3.44. The van der Waals surface area contributed by atoms with Crippen LogP contribution in [0.2, 0.25) is 0 Å². The molecule has 3 amide bonds. The second-order valence-corrected chi connectivity index (χ2v) is 9.50. The molecule has 10 nitrogen and oxygen atoms in total. The Labute approximate surface area is 201 Å². The zero-order valence-electron chi connectivity index (χ0n) is 19.6. The quantitative estimate of drug-likeness (QED) is 0.455. The minimum Gasteiger partial charge on any atom is -0.476 e. The number of hydrogen-bond donors (Lipinski definition) is 3. The molecule has 1 aliphatic heterocycles. The molecule has 0 unspecified atom stereocenters. The van der Waals surface area contributed by atoms with Crippen LogP contribution in [-0.2, 0) is 17.3 Å². The second-order valence-electron chi connectivity index (χ2n) is 8.66. The van der Waals surface area contributed by atoms with Crippen molar-refractivity contribution >= 4 is 41.0 Å². The van der Waals surface area contributed by atoms with Crippen molar-refractivity contribution in [3.8, 4) is 17.2 Å². The van der Waals surface area contributed by atoms with Gasteiger partial charge in [0.05, 0.1) is 11.4 Å². The van der Waals surface area contributed by atoms with Gasteiger partial charge >= 0.3 is 6.03 Å². The summed E-state index contributed by atoms with van der Waals surface area (Å²) < 4.78 is 13.1. The summed E-state index contributed by atoms with van der Waals surface area (Å²) in [4.78, 5) is 29.1. The SMILES string of the molecule is CSc1cc(Oc2ccnc3c2OCC(=O)N3)ccc1NC(=O)Nc1cc(C(C)(C)C)nn1C. The van der Waals surface area contributed by atoms with Gasteiger partial charge in [0.25, 0.3) is 5.91 Å². The van der Waals surface area contributed by atoms with Gasteiger partial charge in [0, 0.05) is 35.7 Å². The van der Waals surface area contributed by atoms with E-state index in [1.165, 1.54) is 18.0 Å². The summed E-state index contributed by atoms with van der Waals surface area (Å²) in [6.45, 7) is 6.10. The van der Waals surface area contributed by atoms with Gasteiger partial charge in [-0.2, -0.15) is 5.10 Å². The lowest BCUT2D eigenvalue weighted by atomic mass is 9.92. The molecule has 0 spiro atoms. The number of nitrogens with zero attached hydrogens (tertiary/aromatic N) is 3. The summed E-state index contributed by atoms with van der Waals surface area (Å²) in [5.74, 6) is 2.00. The van der Waals surface area contributed by atoms with Crippen molar-refractivity contribution in [3.63, 3.8) is 0 Å². The van der Waals surface area contributed by atoms with Gasteiger partial charge in [-0.15, -0.1) is 11.8 Å². The molecule has 178 valence electrons. The molecule has 1 aromatic carbocycles. The summed E-state index contributed by atoms with van der Waals surface area (Å²) in [5, 5.41) is 12.9. The molecule has 11 heteroatoms. The Balaban J connectivity index is 1.48. The van der Waals surface area contributed by atoms with Gasteiger partial charge in [0.15, 0.2) is 18.2 Å². The lowest BCUT2D eigenvalue weighted by Gasteiger charge is -2.19. The van der Waals surface area contributed by atoms with Gasteiger partial charge in [0.1, 0.15) is 11.6 Å². The maximum absolute atomic E-state index is 12.7. The number of benzene rings is 1. The lowest BCUT2D eigenvalue weighted by molar-refractivity contribution is -0.118. The molecule has 4 rings (SSSR count). The fourth-order valence-electron chi connectivity index (χ4n) is 3.23. The van der Waals surface area contributed by atoms with Crippen molar-refractivity contribution in [2.24, 2.45) is 7.05 Å². The first-order valence-electron chi connectivity index (χ1n) is 10.5. The summed E-state index contributed by atoms with van der Waals surface area (Å²) in [5.41, 5.74) is 1.40. The van der Waals surface area contributed by atoms with E-state index in [0.29, 0.717) is 34.6 Å². The number of aromatic nitrogens is 3. The third-order valence-corrected chi connectivity index (χ3v) is 5.79. The number of carbonyl (C=O) groups is 2. The largest absolute Gasteiger partial charge is 0.476 e. The molecule has 34 heavy (non-hydrogen) atoms. The molecular formula is C23H26N6O4S. The second kappa shape index (κ2) is 9.26. The number of carbonyl (C=O) groups excluding carboxylic acids is 2. The number of aryl methyl sites for hydroxylation is 1. The topological polar surface area (TPSA) is 119 Å². The number of rotatable bonds is 5. The Morgan fingerprint density at radius 3 is 2.74 bits per heavy atom. The highest BCUT2D eigenvalue weighted by molar-refractivity contribution is 7.98. The highest BCUT2D eigenvalue weighted by Crippen LogP contribution is 2.39. The van der Waals surface area contributed by atoms with Crippen LogP contribution >= 0.6 is 11.8 Å². The van der Waals surface area contributed by atoms with Crippen LogP contribution in [0.4, 0.5) is 22.1 Å². The fraction of sp³-hybridized carbons (Fsp3) is 0.304. The molecule has 0 saturated carbocycles. The zero-order valence-corrected chi connectivity index (χ0v) is 20.4. The summed E-state index contributed by atoms with van der Waals surface area (Å²) in [6, 6.07) is 8.47. The van der Waals surface area contributed by atoms with E-state index < -0.39 is 0 Å². The Hall–Kier alpha value is -3.73. The van der Waals surface area contributed by atoms with Gasteiger partial charge in [-0.25, -0.2) is 9.78 Å². The molecule has 0 atom stereocenters. The molecule has 0 saturated heterocycles. The number of amides is 3. The average Bonchev–Trinajstić information content (AvgIpc) is 3.15. The minimum atomic E-state index is -0.375. The van der Waals surface area contributed by atoms with Gasteiger partial charge in [-0.1, -0.05) is 20.8 Å². The van der Waals surface area contributed by atoms with Gasteiger partial charge in [-0.3, -0.25) is 14.8 Å². The predicted octanol–water partition coefficient (Wildman–Crippen LogP) is 4.60. The number of thioether (sulfide) groups is 1. The normalized spacial score (nSPS) is 12.9. The van der Waals surface area contributed by atoms with Crippen LogP contribution < -0.4 is 25.4 Å². The third-order valence-electron chi connectivity index (χ3n) is 5.01. The fourth-order valence-corrected chi connectivity index (χ4v) is 3.80. The average molecular weight is 483 g/mol. The molecule has 0 aliphatic carbocycles. The minimum absolute atomic E-state index is 0.100. The van der Waals surface area contributed by atoms with Crippen LogP contribution in [0.15, 0.2) is 41.4 Å². The number of hydrogen-bond acceptors (Lipinski definition) is 7. The van der Waals surface area contributed by atoms with Gasteiger partial charge in [-0.05, 0) is 24.5 Å². The first kappa shape index (κ1) is 23.4. The molecule has 0 bridgehead atoms. The maximum Gasteiger partial charge on any atom is 0.324 e.